The largest absolute Gasteiger partial charge is 0.496 e. The molecule has 1 saturated carbocycles. The maximum Gasteiger partial charge on any atom is 0.228 e. The maximum absolute atomic E-state index is 12.0. The average molecular weight is 263 g/mol. The van der Waals surface area contributed by atoms with Crippen LogP contribution in [0.1, 0.15) is 29.5 Å². The first kappa shape index (κ1) is 13.9. The summed E-state index contributed by atoms with van der Waals surface area (Å²) in [6, 6.07) is 3.89. The molecule has 0 saturated heterocycles. The van der Waals surface area contributed by atoms with Crippen molar-refractivity contribution in [3.63, 3.8) is 0 Å². The lowest BCUT2D eigenvalue weighted by Crippen LogP contribution is -2.33. The first-order valence-corrected chi connectivity index (χ1v) is 6.56. The predicted molar refractivity (Wildman–Crippen MR) is 73.1 cm³/mol. The molecule has 1 amide bonds. The zero-order valence-electron chi connectivity index (χ0n) is 11.7. The third-order valence-electron chi connectivity index (χ3n) is 4.15. The molecular formula is C15H21NO3. The maximum atomic E-state index is 12.0. The van der Waals surface area contributed by atoms with E-state index in [1.54, 1.807) is 7.11 Å². The zero-order chi connectivity index (χ0) is 14.0. The molecule has 4 nitrogen and oxygen atoms in total. The predicted octanol–water partition coefficient (Wildman–Crippen LogP) is 1.70. The van der Waals surface area contributed by atoms with Crippen molar-refractivity contribution in [2.45, 2.75) is 33.2 Å². The number of hydrogen-bond acceptors (Lipinski definition) is 3. The highest BCUT2D eigenvalue weighted by atomic mass is 16.5. The first-order valence-electron chi connectivity index (χ1n) is 6.56. The van der Waals surface area contributed by atoms with Crippen LogP contribution in [0.4, 0.5) is 0 Å². The highest BCUT2D eigenvalue weighted by molar-refractivity contribution is 5.85. The SMILES string of the molecule is COc1ccc(CNC(=O)C2(CO)CC2)c(C)c1C. The summed E-state index contributed by atoms with van der Waals surface area (Å²) in [5.74, 6) is 0.824. The van der Waals surface area contributed by atoms with Crippen molar-refractivity contribution in [2.24, 2.45) is 5.41 Å². The summed E-state index contributed by atoms with van der Waals surface area (Å²) in [5.41, 5.74) is 2.81. The van der Waals surface area contributed by atoms with E-state index in [1.165, 1.54) is 0 Å². The minimum Gasteiger partial charge on any atom is -0.496 e. The quantitative estimate of drug-likeness (QED) is 0.850. The molecule has 0 atom stereocenters. The monoisotopic (exact) mass is 263 g/mol. The van der Waals surface area contributed by atoms with E-state index in [-0.39, 0.29) is 12.5 Å². The zero-order valence-corrected chi connectivity index (χ0v) is 11.7. The molecule has 2 rings (SSSR count). The summed E-state index contributed by atoms with van der Waals surface area (Å²) >= 11 is 0. The van der Waals surface area contributed by atoms with Gasteiger partial charge in [0, 0.05) is 6.54 Å². The van der Waals surface area contributed by atoms with Gasteiger partial charge < -0.3 is 15.2 Å². The highest BCUT2D eigenvalue weighted by Gasteiger charge is 2.49. The van der Waals surface area contributed by atoms with Gasteiger partial charge in [-0.3, -0.25) is 4.79 Å². The van der Waals surface area contributed by atoms with Gasteiger partial charge in [0.2, 0.25) is 5.91 Å². The van der Waals surface area contributed by atoms with Gasteiger partial charge in [0.1, 0.15) is 5.75 Å². The van der Waals surface area contributed by atoms with E-state index in [2.05, 4.69) is 5.32 Å². The first-order chi connectivity index (χ1) is 9.04. The van der Waals surface area contributed by atoms with Gasteiger partial charge in [-0.15, -0.1) is 0 Å². The number of methoxy groups -OCH3 is 1. The summed E-state index contributed by atoms with van der Waals surface area (Å²) in [5, 5.41) is 12.1. The Labute approximate surface area is 113 Å². The molecule has 2 N–H and O–H groups in total. The second kappa shape index (κ2) is 5.21. The summed E-state index contributed by atoms with van der Waals surface area (Å²) in [6.07, 6.45) is 1.58. The van der Waals surface area contributed by atoms with Crippen LogP contribution in [0.3, 0.4) is 0 Å². The van der Waals surface area contributed by atoms with Crippen molar-refractivity contribution >= 4 is 5.91 Å². The molecular weight excluding hydrogens is 242 g/mol. The molecule has 0 aliphatic heterocycles. The van der Waals surface area contributed by atoms with Gasteiger partial charge >= 0.3 is 0 Å². The Morgan fingerprint density at radius 1 is 1.37 bits per heavy atom. The van der Waals surface area contributed by atoms with E-state index in [4.69, 9.17) is 4.74 Å². The number of hydrogen-bond donors (Lipinski definition) is 2. The summed E-state index contributed by atoms with van der Waals surface area (Å²) in [4.78, 5) is 12.0. The number of ether oxygens (including phenoxy) is 1. The van der Waals surface area contributed by atoms with E-state index >= 15 is 0 Å². The lowest BCUT2D eigenvalue weighted by atomic mass is 10.0. The van der Waals surface area contributed by atoms with E-state index in [0.29, 0.717) is 6.54 Å². The van der Waals surface area contributed by atoms with Crippen LogP contribution in [0.25, 0.3) is 0 Å². The number of carbonyl (C=O) groups excluding carboxylic acids is 1. The van der Waals surface area contributed by atoms with Gasteiger partial charge in [0.25, 0.3) is 0 Å². The Hall–Kier alpha value is -1.55. The lowest BCUT2D eigenvalue weighted by molar-refractivity contribution is -0.127. The average Bonchev–Trinajstić information content (AvgIpc) is 3.21. The molecule has 0 aromatic heterocycles. The lowest BCUT2D eigenvalue weighted by Gasteiger charge is -2.15. The third-order valence-corrected chi connectivity index (χ3v) is 4.15. The van der Waals surface area contributed by atoms with Gasteiger partial charge in [-0.25, -0.2) is 0 Å². The molecule has 4 heteroatoms. The van der Waals surface area contributed by atoms with Gasteiger partial charge in [-0.2, -0.15) is 0 Å². The van der Waals surface area contributed by atoms with E-state index in [1.807, 2.05) is 26.0 Å². The standard InChI is InChI=1S/C15H21NO3/c1-10-11(2)13(19-3)5-4-12(10)8-16-14(18)15(9-17)6-7-15/h4-5,17H,6-9H2,1-3H3,(H,16,18). The fraction of sp³-hybridized carbons (Fsp3) is 0.533. The van der Waals surface area contributed by atoms with Crippen molar-refractivity contribution in [3.8, 4) is 5.75 Å². The summed E-state index contributed by atoms with van der Waals surface area (Å²) in [7, 11) is 1.65. The van der Waals surface area contributed by atoms with Gasteiger partial charge in [0.15, 0.2) is 0 Å². The molecule has 1 aromatic rings. The van der Waals surface area contributed by atoms with E-state index < -0.39 is 5.41 Å². The van der Waals surface area contributed by atoms with Crippen LogP contribution in [0.2, 0.25) is 0 Å². The summed E-state index contributed by atoms with van der Waals surface area (Å²) in [6.45, 7) is 4.48. The van der Waals surface area contributed by atoms with E-state index in [0.717, 1.165) is 35.3 Å². The molecule has 0 spiro atoms. The van der Waals surface area contributed by atoms with E-state index in [9.17, 15) is 9.90 Å². The molecule has 19 heavy (non-hydrogen) atoms. The third kappa shape index (κ3) is 2.59. The van der Waals surface area contributed by atoms with Crippen LogP contribution in [0, 0.1) is 19.3 Å². The molecule has 0 bridgehead atoms. The van der Waals surface area contributed by atoms with Crippen LogP contribution >= 0.6 is 0 Å². The minimum atomic E-state index is -0.505. The van der Waals surface area contributed by atoms with Crippen LogP contribution in [0.15, 0.2) is 12.1 Å². The second-order valence-electron chi connectivity index (χ2n) is 5.30. The van der Waals surface area contributed by atoms with Crippen molar-refractivity contribution in [1.29, 1.82) is 0 Å². The Balaban J connectivity index is 2.04. The molecule has 1 aliphatic carbocycles. The van der Waals surface area contributed by atoms with Crippen molar-refractivity contribution in [2.75, 3.05) is 13.7 Å². The number of benzene rings is 1. The number of aliphatic hydroxyl groups excluding tert-OH is 1. The van der Waals surface area contributed by atoms with Crippen LogP contribution in [-0.4, -0.2) is 24.7 Å². The number of nitrogens with one attached hydrogen (secondary N) is 1. The molecule has 0 radical (unpaired) electrons. The fourth-order valence-electron chi connectivity index (χ4n) is 2.24. The number of amides is 1. The fourth-order valence-corrected chi connectivity index (χ4v) is 2.24. The van der Waals surface area contributed by atoms with Crippen molar-refractivity contribution in [1.82, 2.24) is 5.32 Å². The minimum absolute atomic E-state index is 0.0390. The Morgan fingerprint density at radius 3 is 2.58 bits per heavy atom. The van der Waals surface area contributed by atoms with Crippen LogP contribution < -0.4 is 10.1 Å². The molecule has 1 fully saturated rings. The number of aliphatic hydroxyl groups is 1. The molecule has 1 aromatic carbocycles. The Bertz CT molecular complexity index is 492. The Kier molecular flexibility index (Phi) is 3.80. The van der Waals surface area contributed by atoms with Gasteiger partial charge in [0.05, 0.1) is 19.1 Å². The van der Waals surface area contributed by atoms with Crippen LogP contribution in [0.5, 0.6) is 5.75 Å². The Morgan fingerprint density at radius 2 is 2.05 bits per heavy atom. The molecule has 104 valence electrons. The molecule has 0 unspecified atom stereocenters. The summed E-state index contributed by atoms with van der Waals surface area (Å²) < 4.78 is 5.27. The highest BCUT2D eigenvalue weighted by Crippen LogP contribution is 2.45. The molecule has 1 aliphatic rings. The topological polar surface area (TPSA) is 58.6 Å². The van der Waals surface area contributed by atoms with Crippen molar-refractivity contribution in [3.05, 3.63) is 28.8 Å². The number of rotatable bonds is 5. The second-order valence-corrected chi connectivity index (χ2v) is 5.30. The van der Waals surface area contributed by atoms with Gasteiger partial charge in [-0.1, -0.05) is 6.07 Å². The van der Waals surface area contributed by atoms with Gasteiger partial charge in [-0.05, 0) is 49.4 Å². The number of carbonyl (C=O) groups is 1. The smallest absolute Gasteiger partial charge is 0.228 e. The van der Waals surface area contributed by atoms with Crippen LogP contribution in [-0.2, 0) is 11.3 Å². The van der Waals surface area contributed by atoms with Crippen molar-refractivity contribution < 1.29 is 14.6 Å². The molecule has 0 heterocycles. The normalized spacial score (nSPS) is 16.0.